The summed E-state index contributed by atoms with van der Waals surface area (Å²) in [6, 6.07) is 9.75. The molecule has 2 nitrogen and oxygen atoms in total. The van der Waals surface area contributed by atoms with Crippen LogP contribution in [-0.2, 0) is 13.0 Å². The number of rotatable bonds is 3. The Bertz CT molecular complexity index is 656. The smallest absolute Gasteiger partial charge is 0.0653 e. The van der Waals surface area contributed by atoms with Crippen LogP contribution in [0.25, 0.3) is 0 Å². The molecule has 0 atom stereocenters. The maximum atomic E-state index is 6.16. The average Bonchev–Trinajstić information content (AvgIpc) is 2.90. The molecule has 1 aliphatic rings. The number of nitrogens with one attached hydrogen (secondary N) is 2. The second-order valence-corrected chi connectivity index (χ2v) is 5.95. The van der Waals surface area contributed by atoms with E-state index < -0.39 is 0 Å². The third-order valence-corrected chi connectivity index (χ3v) is 4.45. The van der Waals surface area contributed by atoms with Gasteiger partial charge in [-0.25, -0.2) is 0 Å². The predicted molar refractivity (Wildman–Crippen MR) is 87.4 cm³/mol. The predicted octanol–water partition coefficient (Wildman–Crippen LogP) is 5.23. The van der Waals surface area contributed by atoms with E-state index in [-0.39, 0.29) is 0 Å². The lowest BCUT2D eigenvalue weighted by Gasteiger charge is -2.13. The first-order valence-electron chi connectivity index (χ1n) is 6.38. The van der Waals surface area contributed by atoms with Gasteiger partial charge in [0, 0.05) is 18.8 Å². The number of benzene rings is 2. The van der Waals surface area contributed by atoms with Crippen molar-refractivity contribution in [1.82, 2.24) is 0 Å². The van der Waals surface area contributed by atoms with Gasteiger partial charge in [-0.05, 0) is 29.7 Å². The molecule has 5 heteroatoms. The standard InChI is InChI=1S/C15H13Cl3N2/c16-11-6-13(18)14(7-12(11)17)20-8-10-3-1-2-9-4-5-19-15(9)10/h1-3,6-7,19-20H,4-5,8H2. The van der Waals surface area contributed by atoms with E-state index in [0.717, 1.165) is 18.7 Å². The van der Waals surface area contributed by atoms with Crippen molar-refractivity contribution in [3.05, 3.63) is 56.5 Å². The molecule has 3 rings (SSSR count). The Hall–Kier alpha value is -1.09. The summed E-state index contributed by atoms with van der Waals surface area (Å²) in [5.41, 5.74) is 4.61. The van der Waals surface area contributed by atoms with Crippen LogP contribution in [0.3, 0.4) is 0 Å². The molecule has 0 unspecified atom stereocenters. The molecule has 0 saturated carbocycles. The van der Waals surface area contributed by atoms with Crippen molar-refractivity contribution in [3.8, 4) is 0 Å². The van der Waals surface area contributed by atoms with Crippen LogP contribution in [-0.4, -0.2) is 6.54 Å². The molecule has 0 radical (unpaired) electrons. The Balaban J connectivity index is 1.81. The first kappa shape index (κ1) is 13.9. The zero-order chi connectivity index (χ0) is 14.1. The molecule has 0 amide bonds. The number of halogens is 3. The highest BCUT2D eigenvalue weighted by Gasteiger charge is 2.13. The first-order valence-corrected chi connectivity index (χ1v) is 7.51. The molecule has 0 spiro atoms. The molecule has 2 N–H and O–H groups in total. The van der Waals surface area contributed by atoms with Crippen LogP contribution in [0.5, 0.6) is 0 Å². The Morgan fingerprint density at radius 2 is 1.85 bits per heavy atom. The minimum absolute atomic E-state index is 0.462. The van der Waals surface area contributed by atoms with Gasteiger partial charge in [0.1, 0.15) is 0 Å². The number of anilines is 2. The second-order valence-electron chi connectivity index (χ2n) is 4.73. The number of para-hydroxylation sites is 1. The molecular weight excluding hydrogens is 315 g/mol. The van der Waals surface area contributed by atoms with E-state index in [1.165, 1.54) is 16.8 Å². The van der Waals surface area contributed by atoms with Gasteiger partial charge in [0.15, 0.2) is 0 Å². The van der Waals surface area contributed by atoms with Crippen molar-refractivity contribution >= 4 is 46.2 Å². The lowest BCUT2D eigenvalue weighted by atomic mass is 10.1. The van der Waals surface area contributed by atoms with Crippen LogP contribution in [0.1, 0.15) is 11.1 Å². The quantitative estimate of drug-likeness (QED) is 0.755. The van der Waals surface area contributed by atoms with Crippen molar-refractivity contribution in [1.29, 1.82) is 0 Å². The SMILES string of the molecule is Clc1cc(Cl)c(NCc2cccc3c2NCC3)cc1Cl. The van der Waals surface area contributed by atoms with Gasteiger partial charge in [-0.2, -0.15) is 0 Å². The van der Waals surface area contributed by atoms with E-state index in [1.54, 1.807) is 12.1 Å². The van der Waals surface area contributed by atoms with Crippen LogP contribution in [0, 0.1) is 0 Å². The number of hydrogen-bond acceptors (Lipinski definition) is 2. The second kappa shape index (κ2) is 5.72. The van der Waals surface area contributed by atoms with Gasteiger partial charge in [-0.1, -0.05) is 53.0 Å². The van der Waals surface area contributed by atoms with Crippen LogP contribution in [0.15, 0.2) is 30.3 Å². The van der Waals surface area contributed by atoms with E-state index in [9.17, 15) is 0 Å². The summed E-state index contributed by atoms with van der Waals surface area (Å²) in [5.74, 6) is 0. The third kappa shape index (κ3) is 2.69. The van der Waals surface area contributed by atoms with E-state index in [1.807, 2.05) is 0 Å². The fraction of sp³-hybridized carbons (Fsp3) is 0.200. The highest BCUT2D eigenvalue weighted by atomic mass is 35.5. The molecular formula is C15H13Cl3N2. The summed E-state index contributed by atoms with van der Waals surface area (Å²) in [6.45, 7) is 1.69. The van der Waals surface area contributed by atoms with Crippen LogP contribution in [0.2, 0.25) is 15.1 Å². The zero-order valence-corrected chi connectivity index (χ0v) is 12.9. The molecule has 0 saturated heterocycles. The maximum Gasteiger partial charge on any atom is 0.0653 e. The van der Waals surface area contributed by atoms with Crippen LogP contribution in [0.4, 0.5) is 11.4 Å². The highest BCUT2D eigenvalue weighted by Crippen LogP contribution is 2.33. The maximum absolute atomic E-state index is 6.16. The molecule has 1 heterocycles. The largest absolute Gasteiger partial charge is 0.384 e. The monoisotopic (exact) mass is 326 g/mol. The molecule has 20 heavy (non-hydrogen) atoms. The number of fused-ring (bicyclic) bond motifs is 1. The molecule has 2 aromatic carbocycles. The van der Waals surface area contributed by atoms with Gasteiger partial charge in [0.05, 0.1) is 20.8 Å². The van der Waals surface area contributed by atoms with Gasteiger partial charge in [-0.15, -0.1) is 0 Å². The van der Waals surface area contributed by atoms with E-state index >= 15 is 0 Å². The fourth-order valence-electron chi connectivity index (χ4n) is 2.41. The minimum atomic E-state index is 0.462. The molecule has 2 aromatic rings. The summed E-state index contributed by atoms with van der Waals surface area (Å²) in [6.07, 6.45) is 1.08. The topological polar surface area (TPSA) is 24.1 Å². The summed E-state index contributed by atoms with van der Waals surface area (Å²) < 4.78 is 0. The van der Waals surface area contributed by atoms with E-state index in [4.69, 9.17) is 34.8 Å². The van der Waals surface area contributed by atoms with Gasteiger partial charge >= 0.3 is 0 Å². The molecule has 1 aliphatic heterocycles. The van der Waals surface area contributed by atoms with Gasteiger partial charge < -0.3 is 10.6 Å². The van der Waals surface area contributed by atoms with Crippen LogP contribution < -0.4 is 10.6 Å². The van der Waals surface area contributed by atoms with Crippen molar-refractivity contribution in [3.63, 3.8) is 0 Å². The van der Waals surface area contributed by atoms with Crippen molar-refractivity contribution in [2.24, 2.45) is 0 Å². The van der Waals surface area contributed by atoms with Gasteiger partial charge in [0.2, 0.25) is 0 Å². The van der Waals surface area contributed by atoms with Crippen molar-refractivity contribution in [2.75, 3.05) is 17.2 Å². The Labute approximate surface area is 133 Å². The normalized spacial score (nSPS) is 12.9. The molecule has 0 aromatic heterocycles. The molecule has 0 aliphatic carbocycles. The molecule has 0 fully saturated rings. The number of hydrogen-bond donors (Lipinski definition) is 2. The average molecular weight is 328 g/mol. The van der Waals surface area contributed by atoms with Gasteiger partial charge in [0.25, 0.3) is 0 Å². The van der Waals surface area contributed by atoms with Crippen molar-refractivity contribution in [2.45, 2.75) is 13.0 Å². The summed E-state index contributed by atoms with van der Waals surface area (Å²) >= 11 is 18.1. The van der Waals surface area contributed by atoms with Gasteiger partial charge in [-0.3, -0.25) is 0 Å². The zero-order valence-electron chi connectivity index (χ0n) is 10.6. The Morgan fingerprint density at radius 1 is 1.05 bits per heavy atom. The third-order valence-electron chi connectivity index (χ3n) is 3.41. The lowest BCUT2D eigenvalue weighted by molar-refractivity contribution is 1.11. The summed E-state index contributed by atoms with van der Waals surface area (Å²) in [5, 5.41) is 8.26. The van der Waals surface area contributed by atoms with Crippen molar-refractivity contribution < 1.29 is 0 Å². The lowest BCUT2D eigenvalue weighted by Crippen LogP contribution is -2.03. The Morgan fingerprint density at radius 3 is 2.70 bits per heavy atom. The summed E-state index contributed by atoms with van der Waals surface area (Å²) in [4.78, 5) is 0. The van der Waals surface area contributed by atoms with E-state index in [2.05, 4.69) is 28.8 Å². The molecule has 0 bridgehead atoms. The Kier molecular flexibility index (Phi) is 3.97. The minimum Gasteiger partial charge on any atom is -0.384 e. The molecule has 104 valence electrons. The highest BCUT2D eigenvalue weighted by molar-refractivity contribution is 6.44. The summed E-state index contributed by atoms with van der Waals surface area (Å²) in [7, 11) is 0. The van der Waals surface area contributed by atoms with E-state index in [0.29, 0.717) is 21.6 Å². The first-order chi connectivity index (χ1) is 9.65. The van der Waals surface area contributed by atoms with Crippen LogP contribution >= 0.6 is 34.8 Å². The fourth-order valence-corrected chi connectivity index (χ4v) is 3.02.